The number of fused-ring (bicyclic) bond motifs is 1. The molecule has 0 aromatic carbocycles. The van der Waals surface area contributed by atoms with Crippen LogP contribution in [0.15, 0.2) is 42.9 Å². The fourth-order valence-electron chi connectivity index (χ4n) is 2.18. The summed E-state index contributed by atoms with van der Waals surface area (Å²) in [6.07, 6.45) is 5.60. The Bertz CT molecular complexity index is 752. The van der Waals surface area contributed by atoms with Crippen LogP contribution >= 0.6 is 0 Å². The molecule has 0 unspecified atom stereocenters. The Kier molecular flexibility index (Phi) is 4.20. The van der Waals surface area contributed by atoms with E-state index in [1.54, 1.807) is 12.3 Å². The molecular formula is C16H18N4O2. The summed E-state index contributed by atoms with van der Waals surface area (Å²) in [5, 5.41) is 12.0. The summed E-state index contributed by atoms with van der Waals surface area (Å²) < 4.78 is 7.29. The Morgan fingerprint density at radius 1 is 1.23 bits per heavy atom. The van der Waals surface area contributed by atoms with E-state index in [4.69, 9.17) is 9.84 Å². The number of nitrogens with zero attached hydrogens (tertiary/aromatic N) is 3. The summed E-state index contributed by atoms with van der Waals surface area (Å²) >= 11 is 0. The Morgan fingerprint density at radius 3 is 2.91 bits per heavy atom. The fraction of sp³-hybridized carbons (Fsp3) is 0.250. The van der Waals surface area contributed by atoms with E-state index < -0.39 is 0 Å². The van der Waals surface area contributed by atoms with Gasteiger partial charge in [-0.05, 0) is 30.7 Å². The smallest absolute Gasteiger partial charge is 0.213 e. The first kappa shape index (κ1) is 14.3. The van der Waals surface area contributed by atoms with Crippen LogP contribution in [0.2, 0.25) is 0 Å². The van der Waals surface area contributed by atoms with E-state index in [2.05, 4.69) is 38.7 Å². The van der Waals surface area contributed by atoms with E-state index >= 15 is 0 Å². The highest BCUT2D eigenvalue weighted by atomic mass is 16.5. The summed E-state index contributed by atoms with van der Waals surface area (Å²) in [6, 6.07) is 7.79. The van der Waals surface area contributed by atoms with Gasteiger partial charge in [0, 0.05) is 12.3 Å². The molecule has 0 radical (unpaired) electrons. The lowest BCUT2D eigenvalue weighted by atomic mass is 10.3. The number of nitrogens with one attached hydrogen (secondary N) is 1. The van der Waals surface area contributed by atoms with Crippen molar-refractivity contribution in [3.05, 3.63) is 54.1 Å². The Morgan fingerprint density at radius 2 is 2.14 bits per heavy atom. The molecule has 3 rings (SSSR count). The van der Waals surface area contributed by atoms with Crippen LogP contribution in [0.4, 0.5) is 5.69 Å². The highest BCUT2D eigenvalue weighted by Crippen LogP contribution is 2.14. The largest absolute Gasteiger partial charge is 0.475 e. The normalized spacial score (nSPS) is 10.8. The van der Waals surface area contributed by atoms with Crippen molar-refractivity contribution in [1.82, 2.24) is 14.4 Å². The average Bonchev–Trinajstić information content (AvgIpc) is 2.94. The lowest BCUT2D eigenvalue weighted by Crippen LogP contribution is -2.05. The van der Waals surface area contributed by atoms with Crippen molar-refractivity contribution in [3.63, 3.8) is 0 Å². The highest BCUT2D eigenvalue weighted by molar-refractivity contribution is 5.45. The molecule has 3 heterocycles. The van der Waals surface area contributed by atoms with E-state index in [0.717, 1.165) is 17.0 Å². The van der Waals surface area contributed by atoms with Crippen molar-refractivity contribution < 1.29 is 9.84 Å². The Hall–Kier alpha value is -2.60. The van der Waals surface area contributed by atoms with Crippen LogP contribution in [0.1, 0.15) is 11.3 Å². The molecule has 0 amide bonds. The lowest BCUT2D eigenvalue weighted by Gasteiger charge is -2.07. The zero-order valence-electron chi connectivity index (χ0n) is 12.4. The number of imidazole rings is 1. The molecule has 0 aliphatic heterocycles. The number of rotatable bonds is 6. The first-order valence-electron chi connectivity index (χ1n) is 7.12. The molecule has 0 saturated heterocycles. The van der Waals surface area contributed by atoms with Gasteiger partial charge < -0.3 is 19.6 Å². The summed E-state index contributed by atoms with van der Waals surface area (Å²) in [5.74, 6) is 0.505. The number of hydrogen-bond acceptors (Lipinski definition) is 5. The Labute approximate surface area is 128 Å². The predicted molar refractivity (Wildman–Crippen MR) is 84.1 cm³/mol. The maximum absolute atomic E-state index is 8.70. The minimum Gasteiger partial charge on any atom is -0.475 e. The first-order chi connectivity index (χ1) is 10.8. The molecule has 2 N–H and O–H groups in total. The number of ether oxygens (including phenoxy) is 1. The summed E-state index contributed by atoms with van der Waals surface area (Å²) in [4.78, 5) is 8.58. The Balaban J connectivity index is 1.66. The van der Waals surface area contributed by atoms with Gasteiger partial charge in [-0.1, -0.05) is 0 Å². The first-order valence-corrected chi connectivity index (χ1v) is 7.12. The van der Waals surface area contributed by atoms with E-state index in [1.165, 1.54) is 5.56 Å². The van der Waals surface area contributed by atoms with Gasteiger partial charge in [0.2, 0.25) is 5.88 Å². The van der Waals surface area contributed by atoms with Gasteiger partial charge in [-0.15, -0.1) is 0 Å². The number of aliphatic hydroxyl groups is 1. The molecule has 0 bridgehead atoms. The summed E-state index contributed by atoms with van der Waals surface area (Å²) in [5.41, 5.74) is 4.12. The topological polar surface area (TPSA) is 71.7 Å². The molecule has 22 heavy (non-hydrogen) atoms. The van der Waals surface area contributed by atoms with Gasteiger partial charge in [0.05, 0.1) is 36.9 Å². The van der Waals surface area contributed by atoms with Crippen molar-refractivity contribution in [3.8, 4) is 5.88 Å². The van der Waals surface area contributed by atoms with Crippen LogP contribution in [0.5, 0.6) is 5.88 Å². The SMILES string of the molecule is Cc1ccn2c(CNc3ccc(OCCO)nc3)cnc2c1. The second-order valence-corrected chi connectivity index (χ2v) is 4.99. The highest BCUT2D eigenvalue weighted by Gasteiger charge is 2.03. The van der Waals surface area contributed by atoms with Crippen LogP contribution in [0, 0.1) is 6.92 Å². The molecule has 6 nitrogen and oxygen atoms in total. The third kappa shape index (κ3) is 3.17. The van der Waals surface area contributed by atoms with Crippen LogP contribution in [-0.2, 0) is 6.54 Å². The van der Waals surface area contributed by atoms with Crippen molar-refractivity contribution in [1.29, 1.82) is 0 Å². The lowest BCUT2D eigenvalue weighted by molar-refractivity contribution is 0.196. The van der Waals surface area contributed by atoms with Crippen molar-refractivity contribution in [2.24, 2.45) is 0 Å². The molecule has 0 saturated carbocycles. The van der Waals surface area contributed by atoms with E-state index in [9.17, 15) is 0 Å². The maximum Gasteiger partial charge on any atom is 0.213 e. The van der Waals surface area contributed by atoms with Crippen LogP contribution in [-0.4, -0.2) is 32.7 Å². The molecule has 0 fully saturated rings. The molecule has 0 atom stereocenters. The molecule has 0 aliphatic carbocycles. The zero-order valence-corrected chi connectivity index (χ0v) is 12.4. The van der Waals surface area contributed by atoms with Crippen LogP contribution < -0.4 is 10.1 Å². The van der Waals surface area contributed by atoms with Gasteiger partial charge in [-0.3, -0.25) is 0 Å². The van der Waals surface area contributed by atoms with Gasteiger partial charge in [-0.2, -0.15) is 0 Å². The molecule has 0 aliphatic rings. The molecule has 114 valence electrons. The fourth-order valence-corrected chi connectivity index (χ4v) is 2.18. The molecule has 3 aromatic rings. The van der Waals surface area contributed by atoms with Gasteiger partial charge in [-0.25, -0.2) is 9.97 Å². The minimum atomic E-state index is -0.0184. The minimum absolute atomic E-state index is 0.0184. The van der Waals surface area contributed by atoms with Crippen molar-refractivity contribution in [2.75, 3.05) is 18.5 Å². The predicted octanol–water partition coefficient (Wildman–Crippen LogP) is 2.02. The quantitative estimate of drug-likeness (QED) is 0.728. The van der Waals surface area contributed by atoms with Crippen molar-refractivity contribution in [2.45, 2.75) is 13.5 Å². The summed E-state index contributed by atoms with van der Waals surface area (Å²) in [6.45, 7) is 2.94. The van der Waals surface area contributed by atoms with Gasteiger partial charge in [0.1, 0.15) is 12.3 Å². The average molecular weight is 298 g/mol. The molecule has 3 aromatic heterocycles. The third-order valence-electron chi connectivity index (χ3n) is 3.30. The molecule has 6 heteroatoms. The number of pyridine rings is 2. The number of aryl methyl sites for hydroxylation is 1. The van der Waals surface area contributed by atoms with Gasteiger partial charge in [0.25, 0.3) is 0 Å². The van der Waals surface area contributed by atoms with Gasteiger partial charge in [0.15, 0.2) is 0 Å². The third-order valence-corrected chi connectivity index (χ3v) is 3.30. The second-order valence-electron chi connectivity index (χ2n) is 4.99. The number of hydrogen-bond donors (Lipinski definition) is 2. The molecule has 0 spiro atoms. The zero-order chi connectivity index (χ0) is 15.4. The van der Waals surface area contributed by atoms with Gasteiger partial charge >= 0.3 is 0 Å². The monoisotopic (exact) mass is 298 g/mol. The van der Waals surface area contributed by atoms with Crippen LogP contribution in [0.3, 0.4) is 0 Å². The second kappa shape index (κ2) is 6.44. The van der Waals surface area contributed by atoms with Crippen LogP contribution in [0.25, 0.3) is 5.65 Å². The number of aromatic nitrogens is 3. The standard InChI is InChI=1S/C16H18N4O2/c1-12-4-5-20-14(11-18-15(20)8-12)10-17-13-2-3-16(19-9-13)22-7-6-21/h2-5,8-9,11,17,21H,6-7,10H2,1H3. The number of anilines is 1. The molecular weight excluding hydrogens is 280 g/mol. The number of aliphatic hydroxyl groups excluding tert-OH is 1. The maximum atomic E-state index is 8.70. The van der Waals surface area contributed by atoms with E-state index in [-0.39, 0.29) is 13.2 Å². The summed E-state index contributed by atoms with van der Waals surface area (Å²) in [7, 11) is 0. The van der Waals surface area contributed by atoms with Crippen molar-refractivity contribution >= 4 is 11.3 Å². The van der Waals surface area contributed by atoms with E-state index in [1.807, 2.05) is 18.5 Å². The van der Waals surface area contributed by atoms with E-state index in [0.29, 0.717) is 12.4 Å².